The Morgan fingerprint density at radius 2 is 2.06 bits per heavy atom. The summed E-state index contributed by atoms with van der Waals surface area (Å²) in [5.41, 5.74) is 1.15. The van der Waals surface area contributed by atoms with E-state index in [1.165, 1.54) is 0 Å². The molecule has 0 saturated heterocycles. The number of pyridine rings is 1. The molecule has 1 heterocycles. The number of carbonyl (C=O) groups is 1. The number of aromatic nitrogens is 1. The minimum Gasteiger partial charge on any atom is -0.292 e. The number of Topliss-reactive ketones (excluding diaryl/α,β-unsaturated/α-hetero) is 1. The molecule has 0 aliphatic heterocycles. The molecule has 0 aliphatic carbocycles. The molecule has 2 aromatic rings. The minimum absolute atomic E-state index is 0.0910. The molecule has 1 aromatic carbocycles. The third-order valence-corrected chi connectivity index (χ3v) is 3.62. The van der Waals surface area contributed by atoms with Gasteiger partial charge in [0.15, 0.2) is 5.78 Å². The molecule has 0 unspecified atom stereocenters. The molecule has 2 nitrogen and oxygen atoms in total. The summed E-state index contributed by atoms with van der Waals surface area (Å²) in [5.74, 6) is -0.0910. The summed E-state index contributed by atoms with van der Waals surface area (Å²) in [5, 5.41) is 1.04. The highest BCUT2D eigenvalue weighted by Gasteiger charge is 2.13. The second-order valence-corrected chi connectivity index (χ2v) is 5.37. The molecule has 92 valence electrons. The van der Waals surface area contributed by atoms with E-state index in [0.29, 0.717) is 20.2 Å². The first-order chi connectivity index (χ1) is 8.58. The van der Waals surface area contributed by atoms with Gasteiger partial charge in [0.05, 0.1) is 0 Å². The van der Waals surface area contributed by atoms with Crippen LogP contribution < -0.4 is 0 Å². The van der Waals surface area contributed by atoms with Gasteiger partial charge < -0.3 is 0 Å². The van der Waals surface area contributed by atoms with E-state index in [9.17, 15) is 4.79 Å². The van der Waals surface area contributed by atoms with Gasteiger partial charge in [0, 0.05) is 27.1 Å². The second-order valence-electron chi connectivity index (χ2n) is 3.67. The lowest BCUT2D eigenvalue weighted by Crippen LogP contribution is -2.07. The topological polar surface area (TPSA) is 30.0 Å². The summed E-state index contributed by atoms with van der Waals surface area (Å²) in [6.07, 6.45) is 1.78. The van der Waals surface area contributed by atoms with Crippen LogP contribution in [0.3, 0.4) is 0 Å². The SMILES string of the molecule is O=C(Cc1ccc(Cl)cc1Cl)c1ncccc1Br. The largest absolute Gasteiger partial charge is 0.292 e. The zero-order valence-electron chi connectivity index (χ0n) is 9.16. The summed E-state index contributed by atoms with van der Waals surface area (Å²) >= 11 is 15.1. The summed E-state index contributed by atoms with van der Waals surface area (Å²) < 4.78 is 0.681. The van der Waals surface area contributed by atoms with Gasteiger partial charge in [-0.1, -0.05) is 29.3 Å². The van der Waals surface area contributed by atoms with Crippen molar-refractivity contribution in [3.63, 3.8) is 0 Å². The van der Waals surface area contributed by atoms with Crippen LogP contribution in [0.5, 0.6) is 0 Å². The average molecular weight is 345 g/mol. The first kappa shape index (κ1) is 13.5. The van der Waals surface area contributed by atoms with Crippen molar-refractivity contribution in [2.45, 2.75) is 6.42 Å². The molecule has 2 rings (SSSR count). The molecular weight excluding hydrogens is 337 g/mol. The summed E-state index contributed by atoms with van der Waals surface area (Å²) in [6, 6.07) is 8.63. The number of hydrogen-bond acceptors (Lipinski definition) is 2. The Morgan fingerprint density at radius 1 is 1.28 bits per heavy atom. The van der Waals surface area contributed by atoms with Gasteiger partial charge >= 0.3 is 0 Å². The van der Waals surface area contributed by atoms with Crippen molar-refractivity contribution in [1.29, 1.82) is 0 Å². The van der Waals surface area contributed by atoms with Crippen LogP contribution in [0.15, 0.2) is 41.0 Å². The maximum Gasteiger partial charge on any atom is 0.186 e. The monoisotopic (exact) mass is 343 g/mol. The Morgan fingerprint density at radius 3 is 2.72 bits per heavy atom. The molecule has 0 bridgehead atoms. The Bertz CT molecular complexity index is 601. The molecule has 0 fully saturated rings. The van der Waals surface area contributed by atoms with E-state index in [4.69, 9.17) is 23.2 Å². The number of carbonyl (C=O) groups excluding carboxylic acids is 1. The van der Waals surface area contributed by atoms with Crippen LogP contribution in [0, 0.1) is 0 Å². The molecule has 0 spiro atoms. The predicted octanol–water partition coefficient (Wildman–Crippen LogP) is 4.58. The molecular formula is C13H8BrCl2NO. The Labute approximate surface area is 123 Å². The van der Waals surface area contributed by atoms with Crippen molar-refractivity contribution in [1.82, 2.24) is 4.98 Å². The standard InChI is InChI=1S/C13H8BrCl2NO/c14-10-2-1-5-17-13(10)12(18)6-8-3-4-9(15)7-11(8)16/h1-5,7H,6H2. The number of hydrogen-bond donors (Lipinski definition) is 0. The fourth-order valence-corrected chi connectivity index (χ4v) is 2.46. The number of rotatable bonds is 3. The summed E-state index contributed by atoms with van der Waals surface area (Å²) in [7, 11) is 0. The molecule has 0 saturated carbocycles. The Balaban J connectivity index is 2.24. The number of ketones is 1. The van der Waals surface area contributed by atoms with Crippen molar-refractivity contribution in [3.8, 4) is 0 Å². The van der Waals surface area contributed by atoms with E-state index in [1.54, 1.807) is 36.5 Å². The van der Waals surface area contributed by atoms with Crippen LogP contribution in [-0.2, 0) is 6.42 Å². The van der Waals surface area contributed by atoms with Crippen molar-refractivity contribution in [2.24, 2.45) is 0 Å². The predicted molar refractivity (Wildman–Crippen MR) is 76.4 cm³/mol. The van der Waals surface area contributed by atoms with E-state index in [-0.39, 0.29) is 12.2 Å². The molecule has 0 aliphatic rings. The van der Waals surface area contributed by atoms with Gasteiger partial charge in [-0.05, 0) is 45.8 Å². The molecule has 1 aromatic heterocycles. The van der Waals surface area contributed by atoms with Gasteiger partial charge in [-0.2, -0.15) is 0 Å². The number of benzene rings is 1. The zero-order valence-corrected chi connectivity index (χ0v) is 12.3. The third-order valence-electron chi connectivity index (χ3n) is 2.39. The maximum atomic E-state index is 12.1. The quantitative estimate of drug-likeness (QED) is 0.763. The lowest BCUT2D eigenvalue weighted by atomic mass is 10.1. The minimum atomic E-state index is -0.0910. The van der Waals surface area contributed by atoms with Crippen LogP contribution in [0.25, 0.3) is 0 Å². The molecule has 0 N–H and O–H groups in total. The van der Waals surface area contributed by atoms with Gasteiger partial charge in [-0.15, -0.1) is 0 Å². The van der Waals surface area contributed by atoms with E-state index in [2.05, 4.69) is 20.9 Å². The molecule has 0 amide bonds. The maximum absolute atomic E-state index is 12.1. The van der Waals surface area contributed by atoms with Gasteiger partial charge in [0.1, 0.15) is 5.69 Å². The fraction of sp³-hybridized carbons (Fsp3) is 0.0769. The highest BCUT2D eigenvalue weighted by Crippen LogP contribution is 2.23. The molecule has 5 heteroatoms. The summed E-state index contributed by atoms with van der Waals surface area (Å²) in [6.45, 7) is 0. The van der Waals surface area contributed by atoms with Gasteiger partial charge in [-0.3, -0.25) is 9.78 Å². The van der Waals surface area contributed by atoms with E-state index < -0.39 is 0 Å². The fourth-order valence-electron chi connectivity index (χ4n) is 1.51. The highest BCUT2D eigenvalue weighted by atomic mass is 79.9. The van der Waals surface area contributed by atoms with Crippen LogP contribution in [0.4, 0.5) is 0 Å². The molecule has 0 radical (unpaired) electrons. The van der Waals surface area contributed by atoms with Crippen LogP contribution in [0.2, 0.25) is 10.0 Å². The first-order valence-electron chi connectivity index (χ1n) is 5.15. The van der Waals surface area contributed by atoms with Gasteiger partial charge in [0.2, 0.25) is 0 Å². The number of halogens is 3. The van der Waals surface area contributed by atoms with E-state index in [0.717, 1.165) is 5.56 Å². The van der Waals surface area contributed by atoms with Crippen LogP contribution >= 0.6 is 39.1 Å². The van der Waals surface area contributed by atoms with Crippen molar-refractivity contribution < 1.29 is 4.79 Å². The molecule has 0 atom stereocenters. The van der Waals surface area contributed by atoms with Crippen molar-refractivity contribution >= 4 is 44.9 Å². The normalized spacial score (nSPS) is 10.4. The van der Waals surface area contributed by atoms with Crippen LogP contribution in [0.1, 0.15) is 16.1 Å². The molecule has 18 heavy (non-hydrogen) atoms. The van der Waals surface area contributed by atoms with Gasteiger partial charge in [0.25, 0.3) is 0 Å². The average Bonchev–Trinajstić information content (AvgIpc) is 2.33. The third kappa shape index (κ3) is 3.10. The lowest BCUT2D eigenvalue weighted by molar-refractivity contribution is 0.0987. The number of nitrogens with zero attached hydrogens (tertiary/aromatic N) is 1. The van der Waals surface area contributed by atoms with Crippen molar-refractivity contribution in [2.75, 3.05) is 0 Å². The zero-order chi connectivity index (χ0) is 13.1. The Hall–Kier alpha value is -0.900. The van der Waals surface area contributed by atoms with E-state index >= 15 is 0 Å². The second kappa shape index (κ2) is 5.83. The van der Waals surface area contributed by atoms with E-state index in [1.807, 2.05) is 0 Å². The summed E-state index contributed by atoms with van der Waals surface area (Å²) in [4.78, 5) is 16.1. The van der Waals surface area contributed by atoms with Gasteiger partial charge in [-0.25, -0.2) is 0 Å². The van der Waals surface area contributed by atoms with Crippen LogP contribution in [-0.4, -0.2) is 10.8 Å². The highest BCUT2D eigenvalue weighted by molar-refractivity contribution is 9.10. The smallest absolute Gasteiger partial charge is 0.186 e. The lowest BCUT2D eigenvalue weighted by Gasteiger charge is -2.05. The van der Waals surface area contributed by atoms with Crippen molar-refractivity contribution in [3.05, 3.63) is 62.3 Å². The Kier molecular flexibility index (Phi) is 4.38. The first-order valence-corrected chi connectivity index (χ1v) is 6.70.